The van der Waals surface area contributed by atoms with E-state index in [-0.39, 0.29) is 5.69 Å². The van der Waals surface area contributed by atoms with Gasteiger partial charge < -0.3 is 10.1 Å². The van der Waals surface area contributed by atoms with Crippen LogP contribution in [0.4, 0.5) is 11.5 Å². The number of nitro groups is 1. The minimum atomic E-state index is -0.477. The highest BCUT2D eigenvalue weighted by Crippen LogP contribution is 2.23. The topological polar surface area (TPSA) is 77.3 Å². The predicted molar refractivity (Wildman–Crippen MR) is 72.8 cm³/mol. The average molecular weight is 318 g/mol. The number of nitrogens with zero attached hydrogens (tertiary/aromatic N) is 2. The second kappa shape index (κ2) is 7.99. The molecule has 18 heavy (non-hydrogen) atoms. The van der Waals surface area contributed by atoms with E-state index >= 15 is 0 Å². The fraction of sp³-hybridized carbons (Fsp3) is 0.545. The Labute approximate surface area is 114 Å². The third-order valence-electron chi connectivity index (χ3n) is 2.22. The second-order valence-corrected chi connectivity index (χ2v) is 4.53. The SMILES string of the molecule is CCCCOCCNc1ncc([N+](=O)[O-])cc1Br. The molecule has 0 bridgehead atoms. The van der Waals surface area contributed by atoms with Crippen molar-refractivity contribution in [2.75, 3.05) is 25.1 Å². The summed E-state index contributed by atoms with van der Waals surface area (Å²) in [5.41, 5.74) is -0.0355. The molecular weight excluding hydrogens is 302 g/mol. The summed E-state index contributed by atoms with van der Waals surface area (Å²) in [7, 11) is 0. The molecule has 1 rings (SSSR count). The van der Waals surface area contributed by atoms with Gasteiger partial charge in [0.25, 0.3) is 5.69 Å². The molecule has 0 atom stereocenters. The number of pyridine rings is 1. The maximum atomic E-state index is 10.5. The summed E-state index contributed by atoms with van der Waals surface area (Å²) in [6.07, 6.45) is 3.40. The molecule has 1 heterocycles. The van der Waals surface area contributed by atoms with Gasteiger partial charge in [0.05, 0.1) is 16.0 Å². The minimum Gasteiger partial charge on any atom is -0.380 e. The van der Waals surface area contributed by atoms with E-state index in [1.807, 2.05) is 0 Å². The lowest BCUT2D eigenvalue weighted by Gasteiger charge is -2.07. The van der Waals surface area contributed by atoms with Gasteiger partial charge in [-0.1, -0.05) is 13.3 Å². The summed E-state index contributed by atoms with van der Waals surface area (Å²) >= 11 is 3.24. The van der Waals surface area contributed by atoms with Crippen LogP contribution in [-0.2, 0) is 4.74 Å². The van der Waals surface area contributed by atoms with Crippen LogP contribution >= 0.6 is 15.9 Å². The fourth-order valence-corrected chi connectivity index (χ4v) is 1.72. The number of hydrogen-bond acceptors (Lipinski definition) is 5. The number of anilines is 1. The lowest BCUT2D eigenvalue weighted by atomic mass is 10.4. The van der Waals surface area contributed by atoms with Gasteiger partial charge in [0.2, 0.25) is 0 Å². The van der Waals surface area contributed by atoms with Gasteiger partial charge >= 0.3 is 0 Å². The molecule has 6 nitrogen and oxygen atoms in total. The summed E-state index contributed by atoms with van der Waals surface area (Å²) in [6, 6.07) is 1.42. The van der Waals surface area contributed by atoms with Crippen LogP contribution in [0.1, 0.15) is 19.8 Å². The predicted octanol–water partition coefficient (Wildman–Crippen LogP) is 2.98. The Morgan fingerprint density at radius 1 is 1.56 bits per heavy atom. The molecule has 0 spiro atoms. The molecule has 0 radical (unpaired) electrons. The molecule has 0 unspecified atom stereocenters. The number of aromatic nitrogens is 1. The number of halogens is 1. The number of rotatable bonds is 8. The molecule has 1 N–H and O–H groups in total. The molecule has 0 aliphatic carbocycles. The van der Waals surface area contributed by atoms with Crippen molar-refractivity contribution in [1.82, 2.24) is 4.98 Å². The average Bonchev–Trinajstić information content (AvgIpc) is 2.35. The van der Waals surface area contributed by atoms with Crippen LogP contribution in [0.15, 0.2) is 16.7 Å². The largest absolute Gasteiger partial charge is 0.380 e. The van der Waals surface area contributed by atoms with Gasteiger partial charge in [-0.3, -0.25) is 10.1 Å². The Morgan fingerprint density at radius 3 is 2.94 bits per heavy atom. The quantitative estimate of drug-likeness (QED) is 0.453. The van der Waals surface area contributed by atoms with Crippen LogP contribution in [0.25, 0.3) is 0 Å². The van der Waals surface area contributed by atoms with Crippen LogP contribution in [-0.4, -0.2) is 29.7 Å². The van der Waals surface area contributed by atoms with E-state index in [1.54, 1.807) is 0 Å². The van der Waals surface area contributed by atoms with Crippen molar-refractivity contribution in [3.05, 3.63) is 26.9 Å². The Balaban J connectivity index is 2.36. The Bertz CT molecular complexity index is 401. The standard InChI is InChI=1S/C11H16BrN3O3/c1-2-3-5-18-6-4-13-11-10(12)7-9(8-14-11)15(16)17/h7-8H,2-6H2,1H3,(H,13,14). The second-order valence-electron chi connectivity index (χ2n) is 3.67. The highest BCUT2D eigenvalue weighted by molar-refractivity contribution is 9.10. The Kier molecular flexibility index (Phi) is 6.59. The van der Waals surface area contributed by atoms with Gasteiger partial charge in [-0.25, -0.2) is 4.98 Å². The molecule has 1 aromatic rings. The first kappa shape index (κ1) is 14.8. The van der Waals surface area contributed by atoms with E-state index in [9.17, 15) is 10.1 Å². The highest BCUT2D eigenvalue weighted by atomic mass is 79.9. The molecule has 0 aliphatic rings. The van der Waals surface area contributed by atoms with Crippen molar-refractivity contribution in [2.45, 2.75) is 19.8 Å². The van der Waals surface area contributed by atoms with Crippen molar-refractivity contribution in [3.63, 3.8) is 0 Å². The van der Waals surface area contributed by atoms with Gasteiger partial charge in [0.15, 0.2) is 0 Å². The summed E-state index contributed by atoms with van der Waals surface area (Å²) in [4.78, 5) is 14.0. The minimum absolute atomic E-state index is 0.0355. The lowest BCUT2D eigenvalue weighted by molar-refractivity contribution is -0.385. The van der Waals surface area contributed by atoms with Gasteiger partial charge in [-0.15, -0.1) is 0 Å². The molecular formula is C11H16BrN3O3. The third-order valence-corrected chi connectivity index (χ3v) is 2.82. The first-order valence-electron chi connectivity index (χ1n) is 5.76. The van der Waals surface area contributed by atoms with E-state index in [0.717, 1.165) is 19.4 Å². The summed E-state index contributed by atoms with van der Waals surface area (Å²) in [6.45, 7) is 4.07. The zero-order valence-corrected chi connectivity index (χ0v) is 11.8. The molecule has 0 saturated heterocycles. The van der Waals surface area contributed by atoms with E-state index in [0.29, 0.717) is 23.4 Å². The van der Waals surface area contributed by atoms with Crippen molar-refractivity contribution < 1.29 is 9.66 Å². The fourth-order valence-electron chi connectivity index (χ4n) is 1.25. The van der Waals surface area contributed by atoms with Crippen LogP contribution < -0.4 is 5.32 Å². The monoisotopic (exact) mass is 317 g/mol. The van der Waals surface area contributed by atoms with E-state index in [4.69, 9.17) is 4.74 Å². The van der Waals surface area contributed by atoms with Crippen molar-refractivity contribution >= 4 is 27.4 Å². The molecule has 0 fully saturated rings. The van der Waals surface area contributed by atoms with E-state index in [2.05, 4.69) is 33.2 Å². The van der Waals surface area contributed by atoms with Crippen LogP contribution in [0.2, 0.25) is 0 Å². The van der Waals surface area contributed by atoms with Crippen LogP contribution in [0.3, 0.4) is 0 Å². The number of unbranched alkanes of at least 4 members (excludes halogenated alkanes) is 1. The molecule has 100 valence electrons. The maximum absolute atomic E-state index is 10.5. The summed E-state index contributed by atoms with van der Waals surface area (Å²) in [5, 5.41) is 13.6. The summed E-state index contributed by atoms with van der Waals surface area (Å²) in [5.74, 6) is 0.583. The number of ether oxygens (including phenoxy) is 1. The molecule has 0 amide bonds. The van der Waals surface area contributed by atoms with E-state index < -0.39 is 4.92 Å². The first-order valence-corrected chi connectivity index (χ1v) is 6.56. The van der Waals surface area contributed by atoms with Gasteiger partial charge in [-0.2, -0.15) is 0 Å². The van der Waals surface area contributed by atoms with Crippen molar-refractivity contribution in [3.8, 4) is 0 Å². The zero-order valence-electron chi connectivity index (χ0n) is 10.2. The first-order chi connectivity index (χ1) is 8.65. The van der Waals surface area contributed by atoms with E-state index in [1.165, 1.54) is 12.3 Å². The van der Waals surface area contributed by atoms with Crippen LogP contribution in [0, 0.1) is 10.1 Å². The zero-order chi connectivity index (χ0) is 13.4. The summed E-state index contributed by atoms with van der Waals surface area (Å²) < 4.78 is 5.96. The Morgan fingerprint density at radius 2 is 2.33 bits per heavy atom. The third kappa shape index (κ3) is 4.97. The molecule has 0 aromatic carbocycles. The van der Waals surface area contributed by atoms with Gasteiger partial charge in [-0.05, 0) is 22.4 Å². The van der Waals surface area contributed by atoms with Crippen molar-refractivity contribution in [1.29, 1.82) is 0 Å². The Hall–Kier alpha value is -1.21. The highest BCUT2D eigenvalue weighted by Gasteiger charge is 2.09. The smallest absolute Gasteiger partial charge is 0.288 e. The molecule has 0 aliphatic heterocycles. The number of nitrogens with one attached hydrogen (secondary N) is 1. The molecule has 0 saturated carbocycles. The molecule has 1 aromatic heterocycles. The maximum Gasteiger partial charge on any atom is 0.288 e. The van der Waals surface area contributed by atoms with Crippen molar-refractivity contribution in [2.24, 2.45) is 0 Å². The van der Waals surface area contributed by atoms with Gasteiger partial charge in [0.1, 0.15) is 12.0 Å². The molecule has 7 heteroatoms. The van der Waals surface area contributed by atoms with Gasteiger partial charge in [0, 0.05) is 19.2 Å². The normalized spacial score (nSPS) is 10.3. The number of hydrogen-bond donors (Lipinski definition) is 1. The van der Waals surface area contributed by atoms with Crippen LogP contribution in [0.5, 0.6) is 0 Å². The lowest BCUT2D eigenvalue weighted by Crippen LogP contribution is -2.11.